The van der Waals surface area contributed by atoms with Crippen LogP contribution >= 0.6 is 22.6 Å². The van der Waals surface area contributed by atoms with Gasteiger partial charge in [0, 0.05) is 4.43 Å². The van der Waals surface area contributed by atoms with E-state index in [-0.39, 0.29) is 6.61 Å². The fourth-order valence-electron chi connectivity index (χ4n) is 0.434. The zero-order valence-corrected chi connectivity index (χ0v) is 8.24. The number of carboxylic acids is 1. The lowest BCUT2D eigenvalue weighted by molar-refractivity contribution is -0.142. The Morgan fingerprint density at radius 2 is 1.91 bits per heavy atom. The Balaban J connectivity index is 2.85. The molecule has 5 heteroatoms. The van der Waals surface area contributed by atoms with E-state index in [2.05, 4.69) is 22.6 Å². The number of aliphatic carboxylic acids is 1. The van der Waals surface area contributed by atoms with Gasteiger partial charge in [-0.3, -0.25) is 0 Å². The van der Waals surface area contributed by atoms with Crippen LogP contribution in [0, 0.1) is 0 Å². The van der Waals surface area contributed by atoms with Crippen molar-refractivity contribution in [2.45, 2.75) is 0 Å². The predicted octanol–water partition coefficient (Wildman–Crippen LogP) is 0.539. The van der Waals surface area contributed by atoms with Gasteiger partial charge in [0.25, 0.3) is 0 Å². The lowest BCUT2D eigenvalue weighted by atomic mass is 10.7. The first kappa shape index (κ1) is 11.1. The number of alkyl halides is 1. The second kappa shape index (κ2) is 8.22. The third kappa shape index (κ3) is 10.1. The van der Waals surface area contributed by atoms with E-state index in [0.717, 1.165) is 4.43 Å². The van der Waals surface area contributed by atoms with Crippen molar-refractivity contribution < 1.29 is 19.4 Å². The van der Waals surface area contributed by atoms with E-state index in [1.807, 2.05) is 0 Å². The highest BCUT2D eigenvalue weighted by atomic mass is 127. The standard InChI is InChI=1S/C6H11IO4/c7-1-2-10-3-4-11-5-6(8)9/h1-5H2,(H,8,9). The first-order chi connectivity index (χ1) is 5.27. The summed E-state index contributed by atoms with van der Waals surface area (Å²) in [5.41, 5.74) is 0. The minimum Gasteiger partial charge on any atom is -0.480 e. The van der Waals surface area contributed by atoms with Crippen molar-refractivity contribution in [3.05, 3.63) is 0 Å². The maximum Gasteiger partial charge on any atom is 0.329 e. The highest BCUT2D eigenvalue weighted by molar-refractivity contribution is 14.1. The van der Waals surface area contributed by atoms with Crippen LogP contribution in [-0.4, -0.2) is 41.9 Å². The van der Waals surface area contributed by atoms with Gasteiger partial charge in [0.1, 0.15) is 6.61 Å². The summed E-state index contributed by atoms with van der Waals surface area (Å²) >= 11 is 2.20. The summed E-state index contributed by atoms with van der Waals surface area (Å²) in [5, 5.41) is 8.15. The Morgan fingerprint density at radius 3 is 2.45 bits per heavy atom. The molecule has 0 aromatic heterocycles. The maximum atomic E-state index is 9.92. The van der Waals surface area contributed by atoms with Crippen LogP contribution in [0.3, 0.4) is 0 Å². The van der Waals surface area contributed by atoms with Gasteiger partial charge < -0.3 is 14.6 Å². The SMILES string of the molecule is O=C(O)COCCOCCI. The van der Waals surface area contributed by atoms with Crippen LogP contribution in [0.25, 0.3) is 0 Å². The smallest absolute Gasteiger partial charge is 0.329 e. The molecular weight excluding hydrogens is 263 g/mol. The van der Waals surface area contributed by atoms with Crippen LogP contribution in [0.1, 0.15) is 0 Å². The molecule has 0 fully saturated rings. The molecule has 11 heavy (non-hydrogen) atoms. The van der Waals surface area contributed by atoms with Crippen LogP contribution in [0.2, 0.25) is 0 Å². The van der Waals surface area contributed by atoms with Gasteiger partial charge in [-0.05, 0) is 0 Å². The molecule has 0 unspecified atom stereocenters. The van der Waals surface area contributed by atoms with Gasteiger partial charge in [-0.1, -0.05) is 22.6 Å². The number of rotatable bonds is 7. The number of carbonyl (C=O) groups is 1. The van der Waals surface area contributed by atoms with E-state index in [0.29, 0.717) is 19.8 Å². The molecule has 1 N–H and O–H groups in total. The summed E-state index contributed by atoms with van der Waals surface area (Å²) in [6, 6.07) is 0. The van der Waals surface area contributed by atoms with E-state index in [1.54, 1.807) is 0 Å². The molecule has 0 saturated carbocycles. The van der Waals surface area contributed by atoms with Gasteiger partial charge in [0.15, 0.2) is 0 Å². The molecule has 4 nitrogen and oxygen atoms in total. The Kier molecular flexibility index (Phi) is 8.31. The molecule has 66 valence electrons. The molecule has 0 bridgehead atoms. The number of hydrogen-bond donors (Lipinski definition) is 1. The number of hydrogen-bond acceptors (Lipinski definition) is 3. The quantitative estimate of drug-likeness (QED) is 0.418. The summed E-state index contributed by atoms with van der Waals surface area (Å²) in [5.74, 6) is -0.945. The van der Waals surface area contributed by atoms with Crippen LogP contribution in [0.15, 0.2) is 0 Å². The monoisotopic (exact) mass is 274 g/mol. The Bertz CT molecular complexity index is 107. The lowest BCUT2D eigenvalue weighted by Gasteiger charge is -2.01. The van der Waals surface area contributed by atoms with E-state index in [9.17, 15) is 4.79 Å². The molecule has 0 aliphatic heterocycles. The molecule has 0 aliphatic carbocycles. The van der Waals surface area contributed by atoms with Crippen molar-refractivity contribution in [1.29, 1.82) is 0 Å². The van der Waals surface area contributed by atoms with Crippen molar-refractivity contribution in [3.8, 4) is 0 Å². The lowest BCUT2D eigenvalue weighted by Crippen LogP contribution is -2.11. The van der Waals surface area contributed by atoms with Crippen molar-refractivity contribution in [3.63, 3.8) is 0 Å². The largest absolute Gasteiger partial charge is 0.480 e. The van der Waals surface area contributed by atoms with Crippen molar-refractivity contribution in [1.82, 2.24) is 0 Å². The zero-order valence-electron chi connectivity index (χ0n) is 6.09. The number of ether oxygens (including phenoxy) is 2. The average molecular weight is 274 g/mol. The van der Waals surface area contributed by atoms with E-state index in [4.69, 9.17) is 14.6 Å². The first-order valence-electron chi connectivity index (χ1n) is 3.20. The normalized spacial score (nSPS) is 9.91. The predicted molar refractivity (Wildman–Crippen MR) is 48.2 cm³/mol. The summed E-state index contributed by atoms with van der Waals surface area (Å²) in [6.07, 6.45) is 0. The van der Waals surface area contributed by atoms with Crippen LogP contribution in [-0.2, 0) is 14.3 Å². The van der Waals surface area contributed by atoms with Crippen LogP contribution in [0.4, 0.5) is 0 Å². The minimum atomic E-state index is -0.945. The van der Waals surface area contributed by atoms with Crippen molar-refractivity contribution in [2.24, 2.45) is 0 Å². The maximum absolute atomic E-state index is 9.92. The second-order valence-corrected chi connectivity index (χ2v) is 2.83. The van der Waals surface area contributed by atoms with Gasteiger partial charge in [-0.25, -0.2) is 4.79 Å². The Morgan fingerprint density at radius 1 is 1.27 bits per heavy atom. The minimum absolute atomic E-state index is 0.242. The Labute approximate surface area is 79.0 Å². The van der Waals surface area contributed by atoms with E-state index in [1.165, 1.54) is 0 Å². The van der Waals surface area contributed by atoms with E-state index < -0.39 is 5.97 Å². The molecule has 0 rings (SSSR count). The van der Waals surface area contributed by atoms with E-state index >= 15 is 0 Å². The van der Waals surface area contributed by atoms with Gasteiger partial charge in [-0.2, -0.15) is 0 Å². The summed E-state index contributed by atoms with van der Waals surface area (Å²) in [4.78, 5) is 9.92. The second-order valence-electron chi connectivity index (χ2n) is 1.75. The topological polar surface area (TPSA) is 55.8 Å². The molecule has 0 aromatic rings. The van der Waals surface area contributed by atoms with Gasteiger partial charge in [0.05, 0.1) is 19.8 Å². The summed E-state index contributed by atoms with van der Waals surface area (Å²) in [6.45, 7) is 1.27. The van der Waals surface area contributed by atoms with Crippen LogP contribution < -0.4 is 0 Å². The molecule has 0 spiro atoms. The van der Waals surface area contributed by atoms with Gasteiger partial charge in [0.2, 0.25) is 0 Å². The first-order valence-corrected chi connectivity index (χ1v) is 4.73. The van der Waals surface area contributed by atoms with Gasteiger partial charge in [-0.15, -0.1) is 0 Å². The Hall–Kier alpha value is 0.120. The molecule has 0 aliphatic rings. The summed E-state index contributed by atoms with van der Waals surface area (Å²) in [7, 11) is 0. The highest BCUT2D eigenvalue weighted by Gasteiger charge is 1.94. The molecule has 0 heterocycles. The molecule has 0 atom stereocenters. The molecular formula is C6H11IO4. The molecule has 0 aromatic carbocycles. The fraction of sp³-hybridized carbons (Fsp3) is 0.833. The average Bonchev–Trinajstić information content (AvgIpc) is 1.96. The third-order valence-corrected chi connectivity index (χ3v) is 1.26. The number of carboxylic acid groups (broad SMARTS) is 1. The third-order valence-electron chi connectivity index (χ3n) is 0.819. The zero-order chi connectivity index (χ0) is 8.53. The fourth-order valence-corrected chi connectivity index (χ4v) is 0.745. The van der Waals surface area contributed by atoms with Crippen LogP contribution in [0.5, 0.6) is 0 Å². The van der Waals surface area contributed by atoms with Gasteiger partial charge >= 0.3 is 5.97 Å². The summed E-state index contributed by atoms with van der Waals surface area (Å²) < 4.78 is 10.7. The highest BCUT2D eigenvalue weighted by Crippen LogP contribution is 1.83. The molecule has 0 amide bonds. The van der Waals surface area contributed by atoms with Crippen molar-refractivity contribution >= 4 is 28.6 Å². The molecule has 0 radical (unpaired) electrons. The number of halogens is 1. The molecule has 0 saturated heterocycles. The van der Waals surface area contributed by atoms with Crippen molar-refractivity contribution in [2.75, 3.05) is 30.9 Å².